The molecule has 1 rings (SSSR count). The second-order valence-electron chi connectivity index (χ2n) is 3.92. The lowest BCUT2D eigenvalue weighted by atomic mass is 10.1. The molecule has 0 aliphatic carbocycles. The molecule has 0 unspecified atom stereocenters. The van der Waals surface area contributed by atoms with E-state index in [9.17, 15) is 0 Å². The summed E-state index contributed by atoms with van der Waals surface area (Å²) in [5.74, 6) is 0. The summed E-state index contributed by atoms with van der Waals surface area (Å²) >= 11 is 5.04. The Bertz CT molecular complexity index is 368. The zero-order valence-electron chi connectivity index (χ0n) is 10.5. The third-order valence-corrected chi connectivity index (χ3v) is 2.72. The van der Waals surface area contributed by atoms with E-state index in [0.29, 0.717) is 4.99 Å². The van der Waals surface area contributed by atoms with Crippen LogP contribution in [-0.4, -0.2) is 31.8 Å². The predicted molar refractivity (Wildman–Crippen MR) is 76.7 cm³/mol. The molecule has 0 fully saturated rings. The number of nitrogens with two attached hydrogens (primary N) is 1. The molecule has 1 aromatic carbocycles. The Balaban J connectivity index is 2.62. The molecule has 0 atom stereocenters. The maximum atomic E-state index is 5.70. The van der Waals surface area contributed by atoms with Crippen molar-refractivity contribution in [3.63, 3.8) is 0 Å². The number of ether oxygens (including phenoxy) is 1. The highest BCUT2D eigenvalue weighted by Gasteiger charge is 2.08. The van der Waals surface area contributed by atoms with Gasteiger partial charge in [0.1, 0.15) is 4.99 Å². The lowest BCUT2D eigenvalue weighted by Gasteiger charge is -2.21. The maximum absolute atomic E-state index is 5.70. The fraction of sp³-hybridized carbons (Fsp3) is 0.462. The van der Waals surface area contributed by atoms with Crippen LogP contribution in [0.15, 0.2) is 24.3 Å². The van der Waals surface area contributed by atoms with E-state index in [0.717, 1.165) is 37.4 Å². The summed E-state index contributed by atoms with van der Waals surface area (Å²) in [6, 6.07) is 7.90. The smallest absolute Gasteiger partial charge is 0.106 e. The topological polar surface area (TPSA) is 38.5 Å². The van der Waals surface area contributed by atoms with Crippen LogP contribution in [0.25, 0.3) is 0 Å². The van der Waals surface area contributed by atoms with Gasteiger partial charge in [-0.05, 0) is 18.6 Å². The summed E-state index contributed by atoms with van der Waals surface area (Å²) in [7, 11) is 2.02. The van der Waals surface area contributed by atoms with Crippen LogP contribution >= 0.6 is 12.2 Å². The zero-order valence-corrected chi connectivity index (χ0v) is 11.3. The van der Waals surface area contributed by atoms with Gasteiger partial charge in [-0.3, -0.25) is 0 Å². The van der Waals surface area contributed by atoms with Gasteiger partial charge >= 0.3 is 0 Å². The number of benzene rings is 1. The van der Waals surface area contributed by atoms with Gasteiger partial charge in [-0.2, -0.15) is 0 Å². The van der Waals surface area contributed by atoms with E-state index in [1.807, 2.05) is 31.3 Å². The van der Waals surface area contributed by atoms with Gasteiger partial charge in [-0.15, -0.1) is 0 Å². The van der Waals surface area contributed by atoms with Crippen LogP contribution in [0, 0.1) is 0 Å². The van der Waals surface area contributed by atoms with Crippen LogP contribution in [0.1, 0.15) is 18.9 Å². The Morgan fingerprint density at radius 2 is 2.06 bits per heavy atom. The van der Waals surface area contributed by atoms with E-state index in [-0.39, 0.29) is 0 Å². The SMILES string of the molecule is CCCOCCN(C)c1ccccc1C(N)=S. The molecule has 17 heavy (non-hydrogen) atoms. The van der Waals surface area contributed by atoms with Crippen molar-refractivity contribution < 1.29 is 4.74 Å². The minimum atomic E-state index is 0.432. The molecule has 0 saturated heterocycles. The first-order chi connectivity index (χ1) is 8.16. The molecule has 3 nitrogen and oxygen atoms in total. The number of rotatable bonds is 7. The van der Waals surface area contributed by atoms with Gasteiger partial charge in [0.25, 0.3) is 0 Å². The first kappa shape index (κ1) is 13.9. The summed E-state index contributed by atoms with van der Waals surface area (Å²) in [6.07, 6.45) is 1.05. The van der Waals surface area contributed by atoms with Gasteiger partial charge in [0.05, 0.1) is 6.61 Å². The lowest BCUT2D eigenvalue weighted by molar-refractivity contribution is 0.141. The van der Waals surface area contributed by atoms with E-state index >= 15 is 0 Å². The summed E-state index contributed by atoms with van der Waals surface area (Å²) in [5.41, 5.74) is 7.68. The molecule has 0 amide bonds. The Labute approximate surface area is 109 Å². The molecule has 2 N–H and O–H groups in total. The van der Waals surface area contributed by atoms with E-state index < -0.39 is 0 Å². The van der Waals surface area contributed by atoms with E-state index in [2.05, 4.69) is 11.8 Å². The number of likely N-dealkylation sites (N-methyl/N-ethyl adjacent to an activating group) is 1. The van der Waals surface area contributed by atoms with Gasteiger partial charge in [0, 0.05) is 31.5 Å². The van der Waals surface area contributed by atoms with Gasteiger partial charge in [-0.25, -0.2) is 0 Å². The van der Waals surface area contributed by atoms with Crippen LogP contribution in [-0.2, 0) is 4.74 Å². The van der Waals surface area contributed by atoms with Crippen molar-refractivity contribution in [2.75, 3.05) is 31.7 Å². The highest BCUT2D eigenvalue weighted by atomic mass is 32.1. The number of nitrogens with zero attached hydrogens (tertiary/aromatic N) is 1. The van der Waals surface area contributed by atoms with E-state index in [1.54, 1.807) is 0 Å². The molecule has 0 aliphatic heterocycles. The minimum absolute atomic E-state index is 0.432. The molecule has 0 radical (unpaired) electrons. The Kier molecular flexibility index (Phi) is 5.94. The molecule has 0 heterocycles. The number of anilines is 1. The molecule has 1 aromatic rings. The predicted octanol–water partition coefficient (Wildman–Crippen LogP) is 2.18. The van der Waals surface area contributed by atoms with Gasteiger partial charge in [0.15, 0.2) is 0 Å². The first-order valence-electron chi connectivity index (χ1n) is 5.84. The Hall–Kier alpha value is -1.13. The summed E-state index contributed by atoms with van der Waals surface area (Å²) in [4.78, 5) is 2.55. The average Bonchev–Trinajstić information content (AvgIpc) is 2.34. The van der Waals surface area contributed by atoms with Crippen molar-refractivity contribution >= 4 is 22.9 Å². The van der Waals surface area contributed by atoms with Crippen LogP contribution in [0.5, 0.6) is 0 Å². The molecule has 94 valence electrons. The molecule has 0 bridgehead atoms. The van der Waals surface area contributed by atoms with Crippen molar-refractivity contribution in [1.82, 2.24) is 0 Å². The molecule has 0 saturated carbocycles. The molecule has 4 heteroatoms. The van der Waals surface area contributed by atoms with Crippen molar-refractivity contribution in [3.8, 4) is 0 Å². The quantitative estimate of drug-likeness (QED) is 0.596. The average molecular weight is 252 g/mol. The van der Waals surface area contributed by atoms with Crippen molar-refractivity contribution in [3.05, 3.63) is 29.8 Å². The summed E-state index contributed by atoms with van der Waals surface area (Å²) < 4.78 is 5.47. The Morgan fingerprint density at radius 3 is 2.71 bits per heavy atom. The van der Waals surface area contributed by atoms with Crippen molar-refractivity contribution in [1.29, 1.82) is 0 Å². The second kappa shape index (κ2) is 7.25. The number of para-hydroxylation sites is 1. The normalized spacial score (nSPS) is 10.2. The summed E-state index contributed by atoms with van der Waals surface area (Å²) in [5, 5.41) is 0. The second-order valence-corrected chi connectivity index (χ2v) is 4.36. The van der Waals surface area contributed by atoms with Crippen LogP contribution in [0.2, 0.25) is 0 Å². The Morgan fingerprint density at radius 1 is 1.35 bits per heavy atom. The van der Waals surface area contributed by atoms with E-state index in [4.69, 9.17) is 22.7 Å². The standard InChI is InChI=1S/C13H20N2OS/c1-3-9-16-10-8-15(2)12-7-5-4-6-11(12)13(14)17/h4-7H,3,8-10H2,1-2H3,(H2,14,17). The maximum Gasteiger partial charge on any atom is 0.106 e. The highest BCUT2D eigenvalue weighted by Crippen LogP contribution is 2.18. The molecule has 0 spiro atoms. The fourth-order valence-electron chi connectivity index (χ4n) is 1.58. The zero-order chi connectivity index (χ0) is 12.7. The third kappa shape index (κ3) is 4.32. The van der Waals surface area contributed by atoms with Gasteiger partial charge in [0.2, 0.25) is 0 Å². The van der Waals surface area contributed by atoms with Crippen LogP contribution < -0.4 is 10.6 Å². The van der Waals surface area contributed by atoms with E-state index in [1.165, 1.54) is 0 Å². The van der Waals surface area contributed by atoms with Crippen LogP contribution in [0.3, 0.4) is 0 Å². The fourth-order valence-corrected chi connectivity index (χ4v) is 1.76. The van der Waals surface area contributed by atoms with Crippen LogP contribution in [0.4, 0.5) is 5.69 Å². The monoisotopic (exact) mass is 252 g/mol. The lowest BCUT2D eigenvalue weighted by Crippen LogP contribution is -2.25. The first-order valence-corrected chi connectivity index (χ1v) is 6.25. The minimum Gasteiger partial charge on any atom is -0.389 e. The molecular weight excluding hydrogens is 232 g/mol. The molecular formula is C13H20N2OS. The molecule has 0 aliphatic rings. The number of hydrogen-bond acceptors (Lipinski definition) is 3. The third-order valence-electron chi connectivity index (χ3n) is 2.50. The number of hydrogen-bond donors (Lipinski definition) is 1. The van der Waals surface area contributed by atoms with Gasteiger partial charge < -0.3 is 15.4 Å². The summed E-state index contributed by atoms with van der Waals surface area (Å²) in [6.45, 7) is 4.46. The number of thiocarbonyl (C=S) groups is 1. The van der Waals surface area contributed by atoms with Crippen molar-refractivity contribution in [2.24, 2.45) is 5.73 Å². The van der Waals surface area contributed by atoms with Crippen molar-refractivity contribution in [2.45, 2.75) is 13.3 Å². The van der Waals surface area contributed by atoms with Gasteiger partial charge in [-0.1, -0.05) is 31.3 Å². The largest absolute Gasteiger partial charge is 0.389 e. The highest BCUT2D eigenvalue weighted by molar-refractivity contribution is 7.80. The molecule has 0 aromatic heterocycles.